The third kappa shape index (κ3) is 2.14. The number of aromatic nitrogens is 3. The average molecular weight is 345 g/mol. The molecular formula is C17H16FN3O4. The van der Waals surface area contributed by atoms with Crippen LogP contribution in [0.2, 0.25) is 0 Å². The predicted molar refractivity (Wildman–Crippen MR) is 87.3 cm³/mol. The molecule has 1 aliphatic rings. The minimum absolute atomic E-state index is 0.0245. The summed E-state index contributed by atoms with van der Waals surface area (Å²) in [5.41, 5.74) is 0.994. The molecule has 1 aromatic carbocycles. The zero-order chi connectivity index (χ0) is 17.8. The van der Waals surface area contributed by atoms with Gasteiger partial charge in [-0.3, -0.25) is 4.98 Å². The number of phenolic OH excluding ortho intramolecular Hbond substituents is 2. The Morgan fingerprint density at radius 2 is 2.08 bits per heavy atom. The molecule has 0 radical (unpaired) electrons. The summed E-state index contributed by atoms with van der Waals surface area (Å²) in [4.78, 5) is 8.55. The summed E-state index contributed by atoms with van der Waals surface area (Å²) in [5, 5.41) is 19.7. The summed E-state index contributed by atoms with van der Waals surface area (Å²) < 4.78 is 27.0. The van der Waals surface area contributed by atoms with Crippen LogP contribution in [0.1, 0.15) is 6.92 Å². The first kappa shape index (κ1) is 15.6. The van der Waals surface area contributed by atoms with Gasteiger partial charge < -0.3 is 24.3 Å². The van der Waals surface area contributed by atoms with Crippen molar-refractivity contribution in [1.82, 2.24) is 14.5 Å². The lowest BCUT2D eigenvalue weighted by Crippen LogP contribution is -2.49. The van der Waals surface area contributed by atoms with Crippen molar-refractivity contribution in [2.45, 2.75) is 12.5 Å². The van der Waals surface area contributed by atoms with Gasteiger partial charge in [0.25, 0.3) is 0 Å². The van der Waals surface area contributed by atoms with Crippen molar-refractivity contribution in [3.63, 3.8) is 0 Å². The minimum atomic E-state index is -0.966. The highest BCUT2D eigenvalue weighted by molar-refractivity contribution is 5.81. The second kappa shape index (κ2) is 5.32. The van der Waals surface area contributed by atoms with Crippen LogP contribution < -0.4 is 4.74 Å². The van der Waals surface area contributed by atoms with E-state index in [1.165, 1.54) is 13.2 Å². The number of methoxy groups -OCH3 is 1. The minimum Gasteiger partial charge on any atom is -0.502 e. The molecule has 2 aromatic heterocycles. The van der Waals surface area contributed by atoms with Gasteiger partial charge in [0.05, 0.1) is 43.1 Å². The van der Waals surface area contributed by atoms with Crippen LogP contribution in [0.3, 0.4) is 0 Å². The number of ether oxygens (including phenoxy) is 2. The largest absolute Gasteiger partial charge is 0.502 e. The topological polar surface area (TPSA) is 89.6 Å². The first-order chi connectivity index (χ1) is 12.0. The second-order valence-corrected chi connectivity index (χ2v) is 6.26. The quantitative estimate of drug-likeness (QED) is 0.709. The van der Waals surface area contributed by atoms with Crippen molar-refractivity contribution in [2.75, 3.05) is 20.3 Å². The summed E-state index contributed by atoms with van der Waals surface area (Å²) in [6.07, 6.45) is 3.23. The maximum atomic E-state index is 14.7. The monoisotopic (exact) mass is 345 g/mol. The Balaban J connectivity index is 2.05. The number of imidazole rings is 1. The van der Waals surface area contributed by atoms with Crippen molar-refractivity contribution in [2.24, 2.45) is 0 Å². The molecule has 0 bridgehead atoms. The molecule has 25 heavy (non-hydrogen) atoms. The number of benzene rings is 1. The van der Waals surface area contributed by atoms with Gasteiger partial charge in [0.2, 0.25) is 5.75 Å². The number of pyridine rings is 1. The van der Waals surface area contributed by atoms with Crippen LogP contribution in [0.15, 0.2) is 24.5 Å². The molecule has 0 amide bonds. The Morgan fingerprint density at radius 3 is 2.72 bits per heavy atom. The van der Waals surface area contributed by atoms with Crippen LogP contribution in [-0.2, 0) is 10.3 Å². The number of hydrogen-bond acceptors (Lipinski definition) is 6. The molecule has 1 aliphatic heterocycles. The molecule has 0 spiro atoms. The van der Waals surface area contributed by atoms with Crippen molar-refractivity contribution in [3.05, 3.63) is 30.3 Å². The van der Waals surface area contributed by atoms with Crippen molar-refractivity contribution in [3.8, 4) is 28.6 Å². The lowest BCUT2D eigenvalue weighted by Gasteiger charge is -2.40. The summed E-state index contributed by atoms with van der Waals surface area (Å²) in [6, 6.07) is 3.11. The van der Waals surface area contributed by atoms with E-state index in [9.17, 15) is 14.6 Å². The van der Waals surface area contributed by atoms with E-state index in [4.69, 9.17) is 9.47 Å². The van der Waals surface area contributed by atoms with Gasteiger partial charge in [-0.05, 0) is 19.1 Å². The molecule has 1 saturated heterocycles. The van der Waals surface area contributed by atoms with Crippen LogP contribution in [0, 0.1) is 5.82 Å². The number of hydrogen-bond donors (Lipinski definition) is 2. The van der Waals surface area contributed by atoms with E-state index >= 15 is 0 Å². The van der Waals surface area contributed by atoms with Gasteiger partial charge in [-0.25, -0.2) is 9.37 Å². The van der Waals surface area contributed by atoms with Gasteiger partial charge >= 0.3 is 0 Å². The van der Waals surface area contributed by atoms with E-state index in [2.05, 4.69) is 9.97 Å². The highest BCUT2D eigenvalue weighted by atomic mass is 19.1. The van der Waals surface area contributed by atoms with E-state index in [1.54, 1.807) is 18.5 Å². The van der Waals surface area contributed by atoms with Crippen LogP contribution in [0.4, 0.5) is 4.39 Å². The molecular weight excluding hydrogens is 329 g/mol. The summed E-state index contributed by atoms with van der Waals surface area (Å²) in [5.74, 6) is -2.22. The normalized spacial score (nSPS) is 16.0. The Hall–Kier alpha value is -2.87. The Kier molecular flexibility index (Phi) is 3.33. The standard InChI is InChI=1S/C17H16FN3O4/c1-17(7-25-8-17)21-11-3-4-19-6-10(11)20-16(21)9-5-12(24-2)14(22)15(23)13(9)18/h3-6,22-23H,7-8H2,1-2H3. The van der Waals surface area contributed by atoms with Crippen molar-refractivity contribution >= 4 is 11.0 Å². The number of phenols is 2. The van der Waals surface area contributed by atoms with Gasteiger partial charge in [-0.2, -0.15) is 0 Å². The molecule has 2 N–H and O–H groups in total. The van der Waals surface area contributed by atoms with Crippen LogP contribution in [-0.4, -0.2) is 45.1 Å². The number of halogens is 1. The van der Waals surface area contributed by atoms with Gasteiger partial charge in [-0.1, -0.05) is 0 Å². The first-order valence-corrected chi connectivity index (χ1v) is 7.66. The molecule has 4 rings (SSSR count). The van der Waals surface area contributed by atoms with Crippen molar-refractivity contribution in [1.29, 1.82) is 0 Å². The Bertz CT molecular complexity index is 982. The Labute approximate surface area is 142 Å². The van der Waals surface area contributed by atoms with Gasteiger partial charge in [0.15, 0.2) is 17.3 Å². The molecule has 0 unspecified atom stereocenters. The highest BCUT2D eigenvalue weighted by Gasteiger charge is 2.39. The number of aromatic hydroxyl groups is 2. The lowest BCUT2D eigenvalue weighted by atomic mass is 9.98. The third-order valence-electron chi connectivity index (χ3n) is 4.46. The van der Waals surface area contributed by atoms with Crippen molar-refractivity contribution < 1.29 is 24.1 Å². The molecule has 3 aromatic rings. The summed E-state index contributed by atoms with van der Waals surface area (Å²) in [6.45, 7) is 2.89. The highest BCUT2D eigenvalue weighted by Crippen LogP contribution is 2.44. The fraction of sp³-hybridized carbons (Fsp3) is 0.294. The van der Waals surface area contributed by atoms with Gasteiger partial charge in [0.1, 0.15) is 11.3 Å². The van der Waals surface area contributed by atoms with Crippen LogP contribution in [0.25, 0.3) is 22.4 Å². The fourth-order valence-corrected chi connectivity index (χ4v) is 3.12. The van der Waals surface area contributed by atoms with Crippen LogP contribution >= 0.6 is 0 Å². The Morgan fingerprint density at radius 1 is 1.32 bits per heavy atom. The smallest absolute Gasteiger partial charge is 0.203 e. The molecule has 0 saturated carbocycles. The summed E-state index contributed by atoms with van der Waals surface area (Å²) in [7, 11) is 1.32. The molecule has 1 fully saturated rings. The lowest BCUT2D eigenvalue weighted by molar-refractivity contribution is -0.0868. The molecule has 0 aliphatic carbocycles. The number of nitrogens with zero attached hydrogens (tertiary/aromatic N) is 3. The van der Waals surface area contributed by atoms with E-state index < -0.39 is 22.9 Å². The zero-order valence-electron chi connectivity index (χ0n) is 13.7. The van der Waals surface area contributed by atoms with Gasteiger partial charge in [-0.15, -0.1) is 0 Å². The molecule has 0 atom stereocenters. The molecule has 8 heteroatoms. The molecule has 7 nitrogen and oxygen atoms in total. The summed E-state index contributed by atoms with van der Waals surface area (Å²) >= 11 is 0. The maximum Gasteiger partial charge on any atom is 0.203 e. The maximum absolute atomic E-state index is 14.7. The van der Waals surface area contributed by atoms with E-state index in [0.29, 0.717) is 24.6 Å². The first-order valence-electron chi connectivity index (χ1n) is 7.66. The average Bonchev–Trinajstić information content (AvgIpc) is 2.97. The van der Waals surface area contributed by atoms with E-state index in [1.807, 2.05) is 11.5 Å². The molecule has 3 heterocycles. The third-order valence-corrected chi connectivity index (χ3v) is 4.46. The molecule has 130 valence electrons. The van der Waals surface area contributed by atoms with E-state index in [0.717, 1.165) is 5.52 Å². The van der Waals surface area contributed by atoms with E-state index in [-0.39, 0.29) is 11.3 Å². The van der Waals surface area contributed by atoms with Crippen LogP contribution in [0.5, 0.6) is 17.2 Å². The zero-order valence-corrected chi connectivity index (χ0v) is 13.7. The predicted octanol–water partition coefficient (Wildman–Crippen LogP) is 2.40. The SMILES string of the molecule is COc1cc(-c2nc3cnccc3n2C2(C)COC2)c(F)c(O)c1O. The number of rotatable bonds is 3. The fourth-order valence-electron chi connectivity index (χ4n) is 3.12. The number of fused-ring (bicyclic) bond motifs is 1. The second-order valence-electron chi connectivity index (χ2n) is 6.26. The van der Waals surface area contributed by atoms with Gasteiger partial charge in [0, 0.05) is 6.20 Å².